The molecule has 2 aliphatic heterocycles. The molecular weight excluding hydrogens is 318 g/mol. The fraction of sp³-hybridized carbons (Fsp3) is 0.333. The summed E-state index contributed by atoms with van der Waals surface area (Å²) in [4.78, 5) is 14.1. The van der Waals surface area contributed by atoms with E-state index in [2.05, 4.69) is 9.71 Å². The zero-order chi connectivity index (χ0) is 16.4. The van der Waals surface area contributed by atoms with E-state index in [9.17, 15) is 13.2 Å². The number of rotatable bonds is 4. The predicted octanol–water partition coefficient (Wildman–Crippen LogP) is 0.824. The number of hydrogen-bond acceptors (Lipinski definition) is 5. The van der Waals surface area contributed by atoms with Crippen molar-refractivity contribution < 1.29 is 17.6 Å². The minimum atomic E-state index is -3.51. The van der Waals surface area contributed by atoms with Gasteiger partial charge in [-0.1, -0.05) is 0 Å². The van der Waals surface area contributed by atoms with E-state index in [0.717, 1.165) is 5.76 Å². The molecule has 7 nitrogen and oxygen atoms in total. The van der Waals surface area contributed by atoms with Gasteiger partial charge in [0.25, 0.3) is 15.9 Å². The van der Waals surface area contributed by atoms with Crippen LogP contribution >= 0.6 is 0 Å². The molecule has 0 aromatic carbocycles. The van der Waals surface area contributed by atoms with Gasteiger partial charge < -0.3 is 14.6 Å². The number of carbonyl (C=O) groups is 1. The van der Waals surface area contributed by atoms with Crippen molar-refractivity contribution in [2.45, 2.75) is 19.4 Å². The normalized spacial score (nSPS) is 20.3. The first-order valence-corrected chi connectivity index (χ1v) is 8.87. The summed E-state index contributed by atoms with van der Waals surface area (Å²) in [6, 6.07) is 3.47. The van der Waals surface area contributed by atoms with Crippen LogP contribution in [0.25, 0.3) is 0 Å². The maximum Gasteiger partial charge on any atom is 0.256 e. The van der Waals surface area contributed by atoms with Crippen molar-refractivity contribution in [2.24, 2.45) is 4.40 Å². The summed E-state index contributed by atoms with van der Waals surface area (Å²) in [5.41, 5.74) is 0.252. The standard InChI is InChI=1S/C15H17N3O4S/c1-11(10-12-4-3-8-22-12)16-15(19)13-5-2-6-18-7-9-23(20,21)17-14(13)18/h2-6,8,11H,7,9-10H2,1H3,(H,16,19). The second-order valence-electron chi connectivity index (χ2n) is 5.47. The highest BCUT2D eigenvalue weighted by Gasteiger charge is 2.30. The first-order chi connectivity index (χ1) is 10.9. The maximum atomic E-state index is 12.5. The molecule has 3 rings (SSSR count). The highest BCUT2D eigenvalue weighted by atomic mass is 32.2. The zero-order valence-electron chi connectivity index (χ0n) is 12.6. The number of nitrogens with zero attached hydrogens (tertiary/aromatic N) is 2. The molecule has 1 amide bonds. The SMILES string of the molecule is CC(Cc1ccco1)NC(=O)C1=CC=CN2CCS(=O)(=O)N=C12. The van der Waals surface area contributed by atoms with E-state index in [1.807, 2.05) is 13.0 Å². The summed E-state index contributed by atoms with van der Waals surface area (Å²) < 4.78 is 32.4. The van der Waals surface area contributed by atoms with Crippen LogP contribution in [-0.2, 0) is 21.2 Å². The van der Waals surface area contributed by atoms with Crippen molar-refractivity contribution >= 4 is 21.8 Å². The van der Waals surface area contributed by atoms with Crippen molar-refractivity contribution in [1.29, 1.82) is 0 Å². The van der Waals surface area contributed by atoms with Gasteiger partial charge in [-0.05, 0) is 31.2 Å². The molecule has 0 fully saturated rings. The Kier molecular flexibility index (Phi) is 4.08. The van der Waals surface area contributed by atoms with E-state index in [1.54, 1.807) is 35.6 Å². The minimum absolute atomic E-state index is 0.0510. The van der Waals surface area contributed by atoms with Gasteiger partial charge >= 0.3 is 0 Å². The van der Waals surface area contributed by atoms with Crippen LogP contribution in [0.3, 0.4) is 0 Å². The Bertz CT molecular complexity index is 791. The third kappa shape index (κ3) is 3.53. The molecule has 0 saturated heterocycles. The van der Waals surface area contributed by atoms with Crippen molar-refractivity contribution in [2.75, 3.05) is 12.3 Å². The number of allylic oxidation sites excluding steroid dienone is 2. The number of hydrogen-bond donors (Lipinski definition) is 1. The molecule has 0 spiro atoms. The van der Waals surface area contributed by atoms with E-state index in [0.29, 0.717) is 13.0 Å². The van der Waals surface area contributed by atoms with Gasteiger partial charge in [-0.3, -0.25) is 4.79 Å². The summed E-state index contributed by atoms with van der Waals surface area (Å²) in [7, 11) is -3.51. The van der Waals surface area contributed by atoms with Crippen LogP contribution < -0.4 is 5.32 Å². The lowest BCUT2D eigenvalue weighted by atomic mass is 10.1. The summed E-state index contributed by atoms with van der Waals surface area (Å²) in [5.74, 6) is 0.551. The molecular formula is C15H17N3O4S. The lowest BCUT2D eigenvalue weighted by Gasteiger charge is -2.29. The molecule has 0 aliphatic carbocycles. The molecule has 1 N–H and O–H groups in total. The van der Waals surface area contributed by atoms with Gasteiger partial charge in [0, 0.05) is 25.2 Å². The lowest BCUT2D eigenvalue weighted by Crippen LogP contribution is -2.44. The first-order valence-electron chi connectivity index (χ1n) is 7.26. The average Bonchev–Trinajstić information content (AvgIpc) is 2.98. The number of fused-ring (bicyclic) bond motifs is 1. The van der Waals surface area contributed by atoms with Gasteiger partial charge in [0.2, 0.25) is 0 Å². The quantitative estimate of drug-likeness (QED) is 0.880. The van der Waals surface area contributed by atoms with E-state index >= 15 is 0 Å². The Hall–Kier alpha value is -2.35. The van der Waals surface area contributed by atoms with Crippen LogP contribution in [0.2, 0.25) is 0 Å². The average molecular weight is 335 g/mol. The molecule has 1 unspecified atom stereocenters. The van der Waals surface area contributed by atoms with Crippen LogP contribution in [0.15, 0.2) is 51.1 Å². The van der Waals surface area contributed by atoms with Crippen molar-refractivity contribution in [1.82, 2.24) is 10.2 Å². The Morgan fingerprint density at radius 2 is 2.35 bits per heavy atom. The largest absolute Gasteiger partial charge is 0.469 e. The van der Waals surface area contributed by atoms with Gasteiger partial charge in [-0.25, -0.2) is 8.42 Å². The number of amidine groups is 1. The van der Waals surface area contributed by atoms with Gasteiger partial charge in [-0.15, -0.1) is 4.40 Å². The van der Waals surface area contributed by atoms with Gasteiger partial charge in [0.05, 0.1) is 17.6 Å². The third-order valence-electron chi connectivity index (χ3n) is 3.57. The summed E-state index contributed by atoms with van der Waals surface area (Å²) >= 11 is 0. The Labute approximate surface area is 134 Å². The van der Waals surface area contributed by atoms with E-state index < -0.39 is 10.0 Å². The van der Waals surface area contributed by atoms with Crippen molar-refractivity contribution in [3.63, 3.8) is 0 Å². The molecule has 23 heavy (non-hydrogen) atoms. The van der Waals surface area contributed by atoms with E-state index in [-0.39, 0.29) is 29.1 Å². The topological polar surface area (TPSA) is 92.0 Å². The van der Waals surface area contributed by atoms with Crippen molar-refractivity contribution in [3.8, 4) is 0 Å². The Morgan fingerprint density at radius 3 is 3.09 bits per heavy atom. The van der Waals surface area contributed by atoms with Crippen LogP contribution in [0.1, 0.15) is 12.7 Å². The molecule has 3 heterocycles. The molecule has 0 bridgehead atoms. The monoisotopic (exact) mass is 335 g/mol. The third-order valence-corrected chi connectivity index (χ3v) is 4.72. The highest BCUT2D eigenvalue weighted by molar-refractivity contribution is 7.90. The number of nitrogens with one attached hydrogen (secondary N) is 1. The zero-order valence-corrected chi connectivity index (χ0v) is 13.4. The van der Waals surface area contributed by atoms with Crippen molar-refractivity contribution in [3.05, 3.63) is 48.1 Å². The summed E-state index contributed by atoms with van der Waals surface area (Å²) in [6.07, 6.45) is 7.14. The van der Waals surface area contributed by atoms with E-state index in [1.165, 1.54) is 0 Å². The molecule has 122 valence electrons. The number of sulfonamides is 1. The second kappa shape index (κ2) is 6.04. The molecule has 1 aromatic rings. The molecule has 1 atom stereocenters. The van der Waals surface area contributed by atoms with Gasteiger partial charge in [-0.2, -0.15) is 0 Å². The molecule has 8 heteroatoms. The molecule has 0 radical (unpaired) electrons. The number of carbonyl (C=O) groups excluding carboxylic acids is 1. The smallest absolute Gasteiger partial charge is 0.256 e. The first kappa shape index (κ1) is 15.5. The number of amides is 1. The van der Waals surface area contributed by atoms with Crippen LogP contribution in [-0.4, -0.2) is 43.4 Å². The maximum absolute atomic E-state index is 12.5. The van der Waals surface area contributed by atoms with Gasteiger partial charge in [0.1, 0.15) is 5.76 Å². The van der Waals surface area contributed by atoms with Crippen LogP contribution in [0, 0.1) is 0 Å². The van der Waals surface area contributed by atoms with E-state index in [4.69, 9.17) is 4.42 Å². The number of furan rings is 1. The Morgan fingerprint density at radius 1 is 1.52 bits per heavy atom. The highest BCUT2D eigenvalue weighted by Crippen LogP contribution is 2.18. The minimum Gasteiger partial charge on any atom is -0.469 e. The predicted molar refractivity (Wildman–Crippen MR) is 85.2 cm³/mol. The van der Waals surface area contributed by atoms with Gasteiger partial charge in [0.15, 0.2) is 5.84 Å². The summed E-state index contributed by atoms with van der Waals surface area (Å²) in [6.45, 7) is 2.15. The molecule has 2 aliphatic rings. The molecule has 1 aromatic heterocycles. The van der Waals surface area contributed by atoms with Crippen LogP contribution in [0.5, 0.6) is 0 Å². The Balaban J connectivity index is 1.74. The summed E-state index contributed by atoms with van der Waals surface area (Å²) in [5, 5.41) is 2.84. The lowest BCUT2D eigenvalue weighted by molar-refractivity contribution is -0.117. The molecule has 0 saturated carbocycles. The fourth-order valence-corrected chi connectivity index (χ4v) is 3.46. The fourth-order valence-electron chi connectivity index (χ4n) is 2.48. The van der Waals surface area contributed by atoms with Crippen LogP contribution in [0.4, 0.5) is 0 Å². The second-order valence-corrected chi connectivity index (χ2v) is 7.23.